The molecule has 1 aromatic rings. The third kappa shape index (κ3) is 4.26. The van der Waals surface area contributed by atoms with Crippen molar-refractivity contribution in [3.05, 3.63) is 16.4 Å². The third-order valence-corrected chi connectivity index (χ3v) is 3.08. The zero-order chi connectivity index (χ0) is 13.9. The number of ether oxygens (including phenoxy) is 1. The fourth-order valence-corrected chi connectivity index (χ4v) is 1.90. The number of aromatic nitrogens is 2. The third-order valence-electron chi connectivity index (χ3n) is 2.59. The number of aliphatic hydroxyl groups is 1. The van der Waals surface area contributed by atoms with E-state index in [0.29, 0.717) is 18.1 Å². The molecule has 18 heavy (non-hydrogen) atoms. The van der Waals surface area contributed by atoms with Crippen LogP contribution in [0.25, 0.3) is 0 Å². The predicted octanol–water partition coefficient (Wildman–Crippen LogP) is 2.58. The van der Waals surface area contributed by atoms with Gasteiger partial charge in [0.05, 0.1) is 34.7 Å². The van der Waals surface area contributed by atoms with E-state index in [1.54, 1.807) is 0 Å². The number of hydrogen-bond acceptors (Lipinski definition) is 3. The van der Waals surface area contributed by atoms with Gasteiger partial charge in [0.15, 0.2) is 0 Å². The fraction of sp³-hybridized carbons (Fsp3) is 0.769. The number of hydrogen-bond donors (Lipinski definition) is 1. The predicted molar refractivity (Wildman–Crippen MR) is 73.1 cm³/mol. The van der Waals surface area contributed by atoms with Gasteiger partial charge in [-0.05, 0) is 34.6 Å². The van der Waals surface area contributed by atoms with Crippen LogP contribution in [0.4, 0.5) is 0 Å². The molecule has 0 fully saturated rings. The van der Waals surface area contributed by atoms with Gasteiger partial charge in [-0.2, -0.15) is 5.10 Å². The van der Waals surface area contributed by atoms with E-state index < -0.39 is 6.10 Å². The molecule has 104 valence electrons. The van der Waals surface area contributed by atoms with Crippen molar-refractivity contribution in [2.45, 2.75) is 59.3 Å². The number of rotatable bonds is 5. The summed E-state index contributed by atoms with van der Waals surface area (Å²) >= 11 is 6.19. The smallest absolute Gasteiger partial charge is 0.0848 e. The molecule has 1 N–H and O–H groups in total. The van der Waals surface area contributed by atoms with Gasteiger partial charge < -0.3 is 9.84 Å². The molecular weight excluding hydrogens is 252 g/mol. The monoisotopic (exact) mass is 274 g/mol. The number of aryl methyl sites for hydroxylation is 2. The normalized spacial score (nSPS) is 13.9. The first kappa shape index (κ1) is 15.5. The van der Waals surface area contributed by atoms with Gasteiger partial charge in [-0.3, -0.25) is 4.68 Å². The van der Waals surface area contributed by atoms with Crippen LogP contribution in [0.5, 0.6) is 0 Å². The lowest BCUT2D eigenvalue weighted by molar-refractivity contribution is -0.0486. The highest BCUT2D eigenvalue weighted by Crippen LogP contribution is 2.22. The van der Waals surface area contributed by atoms with Crippen LogP contribution in [0.2, 0.25) is 5.02 Å². The summed E-state index contributed by atoms with van der Waals surface area (Å²) in [6, 6.07) is 0. The van der Waals surface area contributed by atoms with Gasteiger partial charge >= 0.3 is 0 Å². The molecule has 0 aromatic carbocycles. The van der Waals surface area contributed by atoms with Crippen LogP contribution in [0.15, 0.2) is 0 Å². The van der Waals surface area contributed by atoms with E-state index >= 15 is 0 Å². The largest absolute Gasteiger partial charge is 0.390 e. The SMILES string of the molecule is CCn1nc(C)c(Cl)c1CC(O)COC(C)(C)C. The molecule has 1 unspecified atom stereocenters. The Morgan fingerprint density at radius 1 is 1.44 bits per heavy atom. The van der Waals surface area contributed by atoms with Crippen LogP contribution >= 0.6 is 11.6 Å². The highest BCUT2D eigenvalue weighted by Gasteiger charge is 2.18. The molecule has 1 heterocycles. The minimum Gasteiger partial charge on any atom is -0.390 e. The summed E-state index contributed by atoms with van der Waals surface area (Å²) in [6.07, 6.45) is -0.105. The molecule has 1 aromatic heterocycles. The molecule has 1 atom stereocenters. The lowest BCUT2D eigenvalue weighted by atomic mass is 10.1. The van der Waals surface area contributed by atoms with Gasteiger partial charge in [-0.1, -0.05) is 11.6 Å². The van der Waals surface area contributed by atoms with Crippen molar-refractivity contribution >= 4 is 11.6 Å². The van der Waals surface area contributed by atoms with Gasteiger partial charge in [0.1, 0.15) is 0 Å². The quantitative estimate of drug-likeness (QED) is 0.898. The first-order chi connectivity index (χ1) is 8.24. The summed E-state index contributed by atoms with van der Waals surface area (Å²) in [7, 11) is 0. The van der Waals surface area contributed by atoms with Crippen LogP contribution in [-0.4, -0.2) is 33.2 Å². The lowest BCUT2D eigenvalue weighted by Gasteiger charge is -2.22. The summed E-state index contributed by atoms with van der Waals surface area (Å²) < 4.78 is 7.39. The maximum absolute atomic E-state index is 9.99. The Morgan fingerprint density at radius 3 is 2.56 bits per heavy atom. The molecule has 5 heteroatoms. The Kier molecular flexibility index (Phi) is 5.20. The average molecular weight is 275 g/mol. The molecular formula is C13H23ClN2O2. The van der Waals surface area contributed by atoms with Crippen molar-refractivity contribution in [1.82, 2.24) is 9.78 Å². The molecule has 0 radical (unpaired) electrons. The van der Waals surface area contributed by atoms with Gasteiger partial charge in [0.2, 0.25) is 0 Å². The van der Waals surface area contributed by atoms with Crippen molar-refractivity contribution in [2.24, 2.45) is 0 Å². The molecule has 0 bridgehead atoms. The van der Waals surface area contributed by atoms with E-state index in [4.69, 9.17) is 16.3 Å². The van der Waals surface area contributed by atoms with E-state index in [9.17, 15) is 5.11 Å². The number of nitrogens with zero attached hydrogens (tertiary/aromatic N) is 2. The molecule has 0 saturated carbocycles. The van der Waals surface area contributed by atoms with Crippen molar-refractivity contribution in [1.29, 1.82) is 0 Å². The Morgan fingerprint density at radius 2 is 2.06 bits per heavy atom. The van der Waals surface area contributed by atoms with E-state index in [2.05, 4.69) is 5.10 Å². The molecule has 0 saturated heterocycles. The fourth-order valence-electron chi connectivity index (χ4n) is 1.69. The molecule has 0 aliphatic heterocycles. The van der Waals surface area contributed by atoms with Gasteiger partial charge in [0, 0.05) is 13.0 Å². The van der Waals surface area contributed by atoms with E-state index in [1.807, 2.05) is 39.3 Å². The lowest BCUT2D eigenvalue weighted by Crippen LogP contribution is -2.28. The maximum atomic E-state index is 9.99. The molecule has 0 spiro atoms. The molecule has 0 amide bonds. The minimum atomic E-state index is -0.567. The zero-order valence-electron chi connectivity index (χ0n) is 11.8. The first-order valence-electron chi connectivity index (χ1n) is 6.28. The number of halogens is 1. The van der Waals surface area contributed by atoms with E-state index in [1.165, 1.54) is 0 Å². The van der Waals surface area contributed by atoms with E-state index in [-0.39, 0.29) is 5.60 Å². The highest BCUT2D eigenvalue weighted by molar-refractivity contribution is 6.31. The molecule has 4 nitrogen and oxygen atoms in total. The summed E-state index contributed by atoms with van der Waals surface area (Å²) in [5, 5.41) is 15.0. The molecule has 0 aliphatic carbocycles. The second-order valence-electron chi connectivity index (χ2n) is 5.44. The molecule has 1 rings (SSSR count). The second kappa shape index (κ2) is 6.04. The van der Waals surface area contributed by atoms with Crippen molar-refractivity contribution in [3.63, 3.8) is 0 Å². The Bertz CT molecular complexity index is 396. The molecule has 0 aliphatic rings. The van der Waals surface area contributed by atoms with Crippen molar-refractivity contribution < 1.29 is 9.84 Å². The summed E-state index contributed by atoms with van der Waals surface area (Å²) in [6.45, 7) is 10.8. The van der Waals surface area contributed by atoms with Crippen LogP contribution in [-0.2, 0) is 17.7 Å². The van der Waals surface area contributed by atoms with Gasteiger partial charge in [0.25, 0.3) is 0 Å². The Balaban J connectivity index is 2.67. The van der Waals surface area contributed by atoms with Gasteiger partial charge in [-0.15, -0.1) is 0 Å². The topological polar surface area (TPSA) is 47.3 Å². The highest BCUT2D eigenvalue weighted by atomic mass is 35.5. The number of aliphatic hydroxyl groups excluding tert-OH is 1. The zero-order valence-corrected chi connectivity index (χ0v) is 12.6. The average Bonchev–Trinajstić information content (AvgIpc) is 2.53. The maximum Gasteiger partial charge on any atom is 0.0848 e. The van der Waals surface area contributed by atoms with Crippen molar-refractivity contribution in [2.75, 3.05) is 6.61 Å². The second-order valence-corrected chi connectivity index (χ2v) is 5.82. The van der Waals surface area contributed by atoms with Gasteiger partial charge in [-0.25, -0.2) is 0 Å². The van der Waals surface area contributed by atoms with Crippen molar-refractivity contribution in [3.8, 4) is 0 Å². The Labute approximate surface area is 114 Å². The summed E-state index contributed by atoms with van der Waals surface area (Å²) in [5.41, 5.74) is 1.44. The van der Waals surface area contributed by atoms with Crippen LogP contribution < -0.4 is 0 Å². The standard InChI is InChI=1S/C13H23ClN2O2/c1-6-16-11(12(14)9(2)15-16)7-10(17)8-18-13(3,4)5/h10,17H,6-8H2,1-5H3. The Hall–Kier alpha value is -0.580. The van der Waals surface area contributed by atoms with E-state index in [0.717, 1.165) is 17.9 Å². The van der Waals surface area contributed by atoms with Crippen LogP contribution in [0.1, 0.15) is 39.1 Å². The summed E-state index contributed by atoms with van der Waals surface area (Å²) in [5.74, 6) is 0. The first-order valence-corrected chi connectivity index (χ1v) is 6.66. The van der Waals surface area contributed by atoms with Crippen LogP contribution in [0.3, 0.4) is 0 Å². The minimum absolute atomic E-state index is 0.244. The summed E-state index contributed by atoms with van der Waals surface area (Å²) in [4.78, 5) is 0. The van der Waals surface area contributed by atoms with Crippen LogP contribution in [0, 0.1) is 6.92 Å².